The van der Waals surface area contributed by atoms with Gasteiger partial charge in [0.1, 0.15) is 0 Å². The van der Waals surface area contributed by atoms with Crippen molar-refractivity contribution in [1.82, 2.24) is 4.98 Å². The molecule has 1 amide bonds. The van der Waals surface area contributed by atoms with E-state index >= 15 is 0 Å². The smallest absolute Gasteiger partial charge is 0.257 e. The van der Waals surface area contributed by atoms with Crippen LogP contribution in [0.1, 0.15) is 20.8 Å². The number of benzene rings is 1. The second-order valence-corrected chi connectivity index (χ2v) is 4.83. The number of nitrogens with one attached hydrogen (secondary N) is 1. The van der Waals surface area contributed by atoms with Gasteiger partial charge in [-0.15, -0.1) is 11.3 Å². The van der Waals surface area contributed by atoms with Crippen molar-refractivity contribution in [2.24, 2.45) is 0 Å². The molecule has 0 radical (unpaired) electrons. The maximum absolute atomic E-state index is 11.8. The molecule has 0 unspecified atom stereocenters. The number of hydrogen-bond donors (Lipinski definition) is 1. The average molecular weight is 232 g/mol. The summed E-state index contributed by atoms with van der Waals surface area (Å²) in [5.74, 6) is -0.113. The lowest BCUT2D eigenvalue weighted by molar-refractivity contribution is 0.102. The van der Waals surface area contributed by atoms with Crippen molar-refractivity contribution >= 4 is 22.4 Å². The van der Waals surface area contributed by atoms with Gasteiger partial charge in [-0.25, -0.2) is 4.98 Å². The van der Waals surface area contributed by atoms with E-state index in [9.17, 15) is 4.79 Å². The molecule has 2 rings (SSSR count). The molecule has 1 heterocycles. The lowest BCUT2D eigenvalue weighted by atomic mass is 10.1. The number of aromatic nitrogens is 1. The van der Waals surface area contributed by atoms with E-state index in [2.05, 4.69) is 10.3 Å². The molecule has 0 aliphatic heterocycles. The van der Waals surface area contributed by atoms with Gasteiger partial charge in [-0.1, -0.05) is 17.7 Å². The number of rotatable bonds is 2. The fraction of sp³-hybridized carbons (Fsp3) is 0.167. The van der Waals surface area contributed by atoms with Crippen LogP contribution in [0.5, 0.6) is 0 Å². The Morgan fingerprint density at radius 1 is 1.38 bits per heavy atom. The predicted octanol–water partition coefficient (Wildman–Crippen LogP) is 3.01. The van der Waals surface area contributed by atoms with Crippen LogP contribution in [0.2, 0.25) is 0 Å². The zero-order chi connectivity index (χ0) is 11.5. The van der Waals surface area contributed by atoms with Crippen LogP contribution in [-0.2, 0) is 0 Å². The van der Waals surface area contributed by atoms with Crippen molar-refractivity contribution < 1.29 is 4.79 Å². The third-order valence-corrected chi connectivity index (χ3v) is 2.95. The van der Waals surface area contributed by atoms with Crippen LogP contribution in [0.4, 0.5) is 5.13 Å². The lowest BCUT2D eigenvalue weighted by Gasteiger charge is -2.02. The minimum atomic E-state index is -0.113. The van der Waals surface area contributed by atoms with Crippen molar-refractivity contribution in [2.75, 3.05) is 5.32 Å². The minimum absolute atomic E-state index is 0.113. The van der Waals surface area contributed by atoms with Gasteiger partial charge in [0.05, 0.1) is 0 Å². The summed E-state index contributed by atoms with van der Waals surface area (Å²) in [6, 6.07) is 7.49. The van der Waals surface area contributed by atoms with E-state index in [1.807, 2.05) is 32.0 Å². The molecule has 0 fully saturated rings. The highest BCUT2D eigenvalue weighted by atomic mass is 32.1. The molecule has 0 bridgehead atoms. The van der Waals surface area contributed by atoms with Crippen LogP contribution in [0.25, 0.3) is 0 Å². The molecule has 1 aromatic heterocycles. The largest absolute Gasteiger partial charge is 0.298 e. The molecule has 0 saturated heterocycles. The van der Waals surface area contributed by atoms with Gasteiger partial charge in [0, 0.05) is 16.6 Å². The van der Waals surface area contributed by atoms with Gasteiger partial charge in [0.15, 0.2) is 5.13 Å². The van der Waals surface area contributed by atoms with Crippen molar-refractivity contribution in [1.29, 1.82) is 0 Å². The van der Waals surface area contributed by atoms with Gasteiger partial charge in [0.2, 0.25) is 0 Å². The van der Waals surface area contributed by atoms with E-state index in [4.69, 9.17) is 0 Å². The summed E-state index contributed by atoms with van der Waals surface area (Å²) in [5, 5.41) is 3.42. The SMILES string of the molecule is Cc1cccc(C(=O)Nc2ncc(C)s2)c1. The Balaban J connectivity index is 2.14. The van der Waals surface area contributed by atoms with E-state index in [1.54, 1.807) is 12.3 Å². The maximum Gasteiger partial charge on any atom is 0.257 e. The first kappa shape index (κ1) is 10.8. The van der Waals surface area contributed by atoms with Crippen molar-refractivity contribution in [3.63, 3.8) is 0 Å². The van der Waals surface area contributed by atoms with Crippen LogP contribution < -0.4 is 5.32 Å². The number of thiazole rings is 1. The lowest BCUT2D eigenvalue weighted by Crippen LogP contribution is -2.11. The highest BCUT2D eigenvalue weighted by Gasteiger charge is 2.07. The molecule has 0 aliphatic rings. The number of carbonyl (C=O) groups excluding carboxylic acids is 1. The normalized spacial score (nSPS) is 10.1. The molecule has 0 aliphatic carbocycles. The van der Waals surface area contributed by atoms with Crippen molar-refractivity contribution in [3.8, 4) is 0 Å². The molecule has 0 spiro atoms. The molecule has 2 aromatic rings. The number of aryl methyl sites for hydroxylation is 2. The third-order valence-electron chi connectivity index (χ3n) is 2.12. The molecular formula is C12H12N2OS. The second kappa shape index (κ2) is 4.45. The Bertz CT molecular complexity index is 519. The Hall–Kier alpha value is -1.68. The van der Waals surface area contributed by atoms with Crippen LogP contribution in [0, 0.1) is 13.8 Å². The molecule has 0 atom stereocenters. The first-order valence-corrected chi connectivity index (χ1v) is 5.77. The zero-order valence-electron chi connectivity index (χ0n) is 9.15. The van der Waals surface area contributed by atoms with Gasteiger partial charge in [-0.05, 0) is 26.0 Å². The van der Waals surface area contributed by atoms with Gasteiger partial charge in [0.25, 0.3) is 5.91 Å². The molecule has 4 heteroatoms. The van der Waals surface area contributed by atoms with Crippen molar-refractivity contribution in [2.45, 2.75) is 13.8 Å². The molecule has 3 nitrogen and oxygen atoms in total. The first-order valence-electron chi connectivity index (χ1n) is 4.95. The quantitative estimate of drug-likeness (QED) is 0.864. The molecule has 1 aromatic carbocycles. The number of carbonyl (C=O) groups is 1. The zero-order valence-corrected chi connectivity index (χ0v) is 9.97. The van der Waals surface area contributed by atoms with Gasteiger partial charge in [-0.2, -0.15) is 0 Å². The second-order valence-electron chi connectivity index (χ2n) is 3.60. The van der Waals surface area contributed by atoms with E-state index in [0.29, 0.717) is 10.7 Å². The fourth-order valence-corrected chi connectivity index (χ4v) is 2.03. The summed E-state index contributed by atoms with van der Waals surface area (Å²) in [4.78, 5) is 17.0. The molecule has 82 valence electrons. The molecular weight excluding hydrogens is 220 g/mol. The maximum atomic E-state index is 11.8. The average Bonchev–Trinajstić information content (AvgIpc) is 2.64. The van der Waals surface area contributed by atoms with Gasteiger partial charge >= 0.3 is 0 Å². The molecule has 1 N–H and O–H groups in total. The summed E-state index contributed by atoms with van der Waals surface area (Å²) in [6.45, 7) is 3.92. The summed E-state index contributed by atoms with van der Waals surface area (Å²) in [6.07, 6.45) is 1.75. The fourth-order valence-electron chi connectivity index (χ4n) is 1.37. The first-order chi connectivity index (χ1) is 7.65. The summed E-state index contributed by atoms with van der Waals surface area (Å²) < 4.78 is 0. The summed E-state index contributed by atoms with van der Waals surface area (Å²) in [5.41, 5.74) is 1.73. The highest BCUT2D eigenvalue weighted by molar-refractivity contribution is 7.15. The highest BCUT2D eigenvalue weighted by Crippen LogP contribution is 2.17. The number of anilines is 1. The number of hydrogen-bond acceptors (Lipinski definition) is 3. The Morgan fingerprint density at radius 2 is 2.19 bits per heavy atom. The van der Waals surface area contributed by atoms with Crippen LogP contribution >= 0.6 is 11.3 Å². The Labute approximate surface area is 98.2 Å². The van der Waals surface area contributed by atoms with E-state index in [1.165, 1.54) is 11.3 Å². The minimum Gasteiger partial charge on any atom is -0.298 e. The van der Waals surface area contributed by atoms with Gasteiger partial charge < -0.3 is 0 Å². The van der Waals surface area contributed by atoms with E-state index in [-0.39, 0.29) is 5.91 Å². The number of nitrogens with zero attached hydrogens (tertiary/aromatic N) is 1. The Morgan fingerprint density at radius 3 is 2.81 bits per heavy atom. The number of amides is 1. The third kappa shape index (κ3) is 2.46. The summed E-state index contributed by atoms with van der Waals surface area (Å²) in [7, 11) is 0. The van der Waals surface area contributed by atoms with Crippen LogP contribution in [0.3, 0.4) is 0 Å². The summed E-state index contributed by atoms with van der Waals surface area (Å²) >= 11 is 1.47. The van der Waals surface area contributed by atoms with Crippen LogP contribution in [0.15, 0.2) is 30.5 Å². The van der Waals surface area contributed by atoms with Crippen molar-refractivity contribution in [3.05, 3.63) is 46.5 Å². The van der Waals surface area contributed by atoms with Gasteiger partial charge in [-0.3, -0.25) is 10.1 Å². The molecule has 16 heavy (non-hydrogen) atoms. The monoisotopic (exact) mass is 232 g/mol. The molecule has 0 saturated carbocycles. The van der Waals surface area contributed by atoms with E-state index < -0.39 is 0 Å². The Kier molecular flexibility index (Phi) is 3.01. The predicted molar refractivity (Wildman–Crippen MR) is 66.0 cm³/mol. The van der Waals surface area contributed by atoms with E-state index in [0.717, 1.165) is 10.4 Å². The van der Waals surface area contributed by atoms with Crippen LogP contribution in [-0.4, -0.2) is 10.9 Å². The topological polar surface area (TPSA) is 42.0 Å². The standard InChI is InChI=1S/C12H12N2OS/c1-8-4-3-5-10(6-8)11(15)14-12-13-7-9(2)16-12/h3-7H,1-2H3,(H,13,14,15).